The van der Waals surface area contributed by atoms with E-state index in [0.717, 1.165) is 19.4 Å². The topological polar surface area (TPSA) is 49.3 Å². The molecule has 3 heteroatoms. The van der Waals surface area contributed by atoms with Crippen LogP contribution >= 0.6 is 0 Å². The lowest BCUT2D eigenvalue weighted by molar-refractivity contribution is -0.127. The van der Waals surface area contributed by atoms with E-state index in [1.54, 1.807) is 0 Å². The molecule has 1 rings (SSSR count). The van der Waals surface area contributed by atoms with Crippen LogP contribution in [-0.4, -0.2) is 29.6 Å². The van der Waals surface area contributed by atoms with Crippen molar-refractivity contribution in [2.24, 2.45) is 5.41 Å². The minimum Gasteiger partial charge on any atom is -0.385 e. The fraction of sp³-hybridized carbons (Fsp3) is 0.917. The molecule has 3 nitrogen and oxygen atoms in total. The Labute approximate surface area is 92.3 Å². The molecule has 2 N–H and O–H groups in total. The molecule has 0 saturated carbocycles. The van der Waals surface area contributed by atoms with Gasteiger partial charge >= 0.3 is 0 Å². The number of ketones is 1. The van der Waals surface area contributed by atoms with Crippen LogP contribution in [0.25, 0.3) is 0 Å². The number of Topliss-reactive ketones (excluding diaryl/α,β-unsaturated/α-hetero) is 1. The van der Waals surface area contributed by atoms with E-state index in [2.05, 4.69) is 26.1 Å². The largest absolute Gasteiger partial charge is 0.385 e. The first-order chi connectivity index (χ1) is 6.91. The van der Waals surface area contributed by atoms with Gasteiger partial charge in [0, 0.05) is 12.5 Å². The number of hydrogen-bond acceptors (Lipinski definition) is 3. The molecule has 0 aliphatic carbocycles. The lowest BCUT2D eigenvalue weighted by atomic mass is 9.83. The molecule has 1 saturated heterocycles. The molecule has 0 aromatic heterocycles. The number of carbonyl (C=O) groups is 1. The average molecular weight is 213 g/mol. The van der Waals surface area contributed by atoms with Crippen molar-refractivity contribution in [3.63, 3.8) is 0 Å². The van der Waals surface area contributed by atoms with Gasteiger partial charge in [-0.2, -0.15) is 0 Å². The molecule has 0 radical (unpaired) electrons. The van der Waals surface area contributed by atoms with Crippen molar-refractivity contribution in [1.82, 2.24) is 5.32 Å². The molecule has 1 aliphatic heterocycles. The Balaban J connectivity index is 2.60. The number of carbonyl (C=O) groups excluding carboxylic acids is 1. The highest BCUT2D eigenvalue weighted by Crippen LogP contribution is 2.24. The quantitative estimate of drug-likeness (QED) is 0.641. The third kappa shape index (κ3) is 3.92. The zero-order chi connectivity index (χ0) is 11.5. The minimum absolute atomic E-state index is 0.00736. The number of rotatable bonds is 0. The van der Waals surface area contributed by atoms with Crippen molar-refractivity contribution in [1.29, 1.82) is 0 Å². The predicted molar refractivity (Wildman–Crippen MR) is 60.7 cm³/mol. The fourth-order valence-corrected chi connectivity index (χ4v) is 2.03. The Morgan fingerprint density at radius 2 is 2.00 bits per heavy atom. The van der Waals surface area contributed by atoms with Crippen LogP contribution in [0.15, 0.2) is 0 Å². The second-order valence-electron chi connectivity index (χ2n) is 5.54. The number of aliphatic hydroxyl groups excluding tert-OH is 1. The first kappa shape index (κ1) is 12.7. The number of hydrogen-bond donors (Lipinski definition) is 2. The van der Waals surface area contributed by atoms with Crippen molar-refractivity contribution >= 4 is 5.78 Å². The molecule has 1 aliphatic rings. The lowest BCUT2D eigenvalue weighted by Crippen LogP contribution is -2.40. The summed E-state index contributed by atoms with van der Waals surface area (Å²) in [6, 6.07) is 0.367. The highest BCUT2D eigenvalue weighted by Gasteiger charge is 2.27. The van der Waals surface area contributed by atoms with Crippen molar-refractivity contribution in [2.45, 2.75) is 58.6 Å². The van der Waals surface area contributed by atoms with Crippen LogP contribution in [-0.2, 0) is 4.79 Å². The number of aliphatic hydroxyl groups is 1. The summed E-state index contributed by atoms with van der Waals surface area (Å²) in [7, 11) is 0. The van der Waals surface area contributed by atoms with Crippen LogP contribution in [0.4, 0.5) is 0 Å². The standard InChI is InChI=1S/C12H23NO2/c1-12(2,3)11-7-6-10(15)9(14)5-4-8-13-11/h9,11,13-14H,4-8H2,1-3H3. The van der Waals surface area contributed by atoms with E-state index in [9.17, 15) is 9.90 Å². The molecule has 0 spiro atoms. The van der Waals surface area contributed by atoms with E-state index in [1.165, 1.54) is 0 Å². The maximum absolute atomic E-state index is 11.5. The highest BCUT2D eigenvalue weighted by atomic mass is 16.3. The molecule has 0 aromatic carbocycles. The second kappa shape index (κ2) is 5.08. The van der Waals surface area contributed by atoms with Gasteiger partial charge in [0.1, 0.15) is 6.10 Å². The van der Waals surface area contributed by atoms with Crippen LogP contribution in [0.5, 0.6) is 0 Å². The molecule has 0 bridgehead atoms. The van der Waals surface area contributed by atoms with Crippen LogP contribution in [0, 0.1) is 5.41 Å². The first-order valence-electron chi connectivity index (χ1n) is 5.85. The first-order valence-corrected chi connectivity index (χ1v) is 5.85. The molecule has 2 unspecified atom stereocenters. The zero-order valence-electron chi connectivity index (χ0n) is 10.0. The summed E-state index contributed by atoms with van der Waals surface area (Å²) in [5.74, 6) is 0.00736. The van der Waals surface area contributed by atoms with Crippen LogP contribution in [0.3, 0.4) is 0 Å². The summed E-state index contributed by atoms with van der Waals surface area (Å²) >= 11 is 0. The summed E-state index contributed by atoms with van der Waals surface area (Å²) in [6.07, 6.45) is 2.07. The average Bonchev–Trinajstić information content (AvgIpc) is 2.19. The van der Waals surface area contributed by atoms with Gasteiger partial charge in [-0.25, -0.2) is 0 Å². The monoisotopic (exact) mass is 213 g/mol. The van der Waals surface area contributed by atoms with Gasteiger partial charge in [-0.1, -0.05) is 20.8 Å². The third-order valence-electron chi connectivity index (χ3n) is 3.14. The third-order valence-corrected chi connectivity index (χ3v) is 3.14. The van der Waals surface area contributed by atoms with Crippen molar-refractivity contribution in [3.8, 4) is 0 Å². The molecule has 0 aromatic rings. The van der Waals surface area contributed by atoms with Crippen LogP contribution in [0.1, 0.15) is 46.5 Å². The summed E-state index contributed by atoms with van der Waals surface area (Å²) in [4.78, 5) is 11.5. The zero-order valence-corrected chi connectivity index (χ0v) is 10.0. The van der Waals surface area contributed by atoms with Gasteiger partial charge in [-0.3, -0.25) is 4.79 Å². The Bertz CT molecular complexity index is 220. The van der Waals surface area contributed by atoms with E-state index < -0.39 is 6.10 Å². The Kier molecular flexibility index (Phi) is 4.29. The summed E-state index contributed by atoms with van der Waals surface area (Å²) < 4.78 is 0. The maximum atomic E-state index is 11.5. The molecular formula is C12H23NO2. The summed E-state index contributed by atoms with van der Waals surface area (Å²) in [5.41, 5.74) is 0.176. The summed E-state index contributed by atoms with van der Waals surface area (Å²) in [5, 5.41) is 13.0. The molecule has 2 atom stereocenters. The van der Waals surface area contributed by atoms with Crippen LogP contribution < -0.4 is 5.32 Å². The lowest BCUT2D eigenvalue weighted by Gasteiger charge is -2.31. The molecular weight excluding hydrogens is 190 g/mol. The van der Waals surface area contributed by atoms with E-state index in [4.69, 9.17) is 0 Å². The second-order valence-corrected chi connectivity index (χ2v) is 5.54. The molecule has 15 heavy (non-hydrogen) atoms. The minimum atomic E-state index is -0.731. The van der Waals surface area contributed by atoms with Crippen molar-refractivity contribution in [2.75, 3.05) is 6.54 Å². The van der Waals surface area contributed by atoms with Gasteiger partial charge < -0.3 is 10.4 Å². The molecule has 1 heterocycles. The van der Waals surface area contributed by atoms with Gasteiger partial charge in [-0.15, -0.1) is 0 Å². The molecule has 1 fully saturated rings. The molecule has 0 amide bonds. The van der Waals surface area contributed by atoms with E-state index in [-0.39, 0.29) is 11.2 Å². The normalized spacial score (nSPS) is 30.5. The molecule has 88 valence electrons. The van der Waals surface area contributed by atoms with Gasteiger partial charge in [0.2, 0.25) is 0 Å². The van der Waals surface area contributed by atoms with Crippen LogP contribution in [0.2, 0.25) is 0 Å². The predicted octanol–water partition coefficient (Wildman–Crippen LogP) is 1.49. The Morgan fingerprint density at radius 3 is 2.60 bits per heavy atom. The van der Waals surface area contributed by atoms with Gasteiger partial charge in [0.25, 0.3) is 0 Å². The Morgan fingerprint density at radius 1 is 1.33 bits per heavy atom. The smallest absolute Gasteiger partial charge is 0.161 e. The van der Waals surface area contributed by atoms with Gasteiger partial charge in [0.15, 0.2) is 5.78 Å². The van der Waals surface area contributed by atoms with Gasteiger partial charge in [0.05, 0.1) is 0 Å². The van der Waals surface area contributed by atoms with E-state index in [0.29, 0.717) is 18.9 Å². The van der Waals surface area contributed by atoms with Crippen molar-refractivity contribution in [3.05, 3.63) is 0 Å². The fourth-order valence-electron chi connectivity index (χ4n) is 2.03. The maximum Gasteiger partial charge on any atom is 0.161 e. The van der Waals surface area contributed by atoms with E-state index in [1.807, 2.05) is 0 Å². The highest BCUT2D eigenvalue weighted by molar-refractivity contribution is 5.82. The van der Waals surface area contributed by atoms with Gasteiger partial charge in [-0.05, 0) is 31.2 Å². The van der Waals surface area contributed by atoms with Crippen molar-refractivity contribution < 1.29 is 9.90 Å². The summed E-state index contributed by atoms with van der Waals surface area (Å²) in [6.45, 7) is 7.45. The Hall–Kier alpha value is -0.410. The SMILES string of the molecule is CC(C)(C)C1CCC(=O)C(O)CCCN1. The number of nitrogens with one attached hydrogen (secondary N) is 1. The van der Waals surface area contributed by atoms with E-state index >= 15 is 0 Å².